The van der Waals surface area contributed by atoms with Gasteiger partial charge in [-0.3, -0.25) is 4.90 Å². The Morgan fingerprint density at radius 3 is 2.94 bits per heavy atom. The molecule has 2 aliphatic rings. The van der Waals surface area contributed by atoms with Crippen LogP contribution >= 0.6 is 0 Å². The van der Waals surface area contributed by atoms with Crippen LogP contribution in [0.4, 0.5) is 0 Å². The molecule has 2 fully saturated rings. The van der Waals surface area contributed by atoms with Gasteiger partial charge in [-0.05, 0) is 12.8 Å². The second-order valence-corrected chi connectivity index (χ2v) is 4.94. The third-order valence-corrected chi connectivity index (χ3v) is 3.95. The van der Waals surface area contributed by atoms with E-state index in [-0.39, 0.29) is 18.8 Å². The number of nitriles is 1. The van der Waals surface area contributed by atoms with Gasteiger partial charge in [0, 0.05) is 12.6 Å². The first-order valence-electron chi connectivity index (χ1n) is 6.29. The maximum Gasteiger partial charge on any atom is 0.156 e. The van der Waals surface area contributed by atoms with Crippen molar-refractivity contribution in [2.45, 2.75) is 43.4 Å². The van der Waals surface area contributed by atoms with E-state index in [1.54, 1.807) is 6.08 Å². The summed E-state index contributed by atoms with van der Waals surface area (Å²) in [7, 11) is 0. The minimum Gasteiger partial charge on any atom is -0.393 e. The zero-order chi connectivity index (χ0) is 12.3. The number of hydrogen-bond donors (Lipinski definition) is 1. The van der Waals surface area contributed by atoms with E-state index >= 15 is 0 Å². The Morgan fingerprint density at radius 1 is 1.53 bits per heavy atom. The zero-order valence-corrected chi connectivity index (χ0v) is 10.1. The molecule has 4 nitrogen and oxygen atoms in total. The standard InChI is InChI=1S/C13H20N2O2/c1-2-7-15-11-5-3-4-6-12(11)17-10-13(15,8-14)9-16/h2,11-12,16H,1,3-7,9-10H2/t11-,12-,13-/m0/s1. The second-order valence-electron chi connectivity index (χ2n) is 4.94. The lowest BCUT2D eigenvalue weighted by molar-refractivity contribution is -0.149. The van der Waals surface area contributed by atoms with Crippen LogP contribution in [0.3, 0.4) is 0 Å². The fraction of sp³-hybridized carbons (Fsp3) is 0.769. The number of nitrogens with zero attached hydrogens (tertiary/aromatic N) is 2. The van der Waals surface area contributed by atoms with E-state index < -0.39 is 5.54 Å². The van der Waals surface area contributed by atoms with Crippen LogP contribution in [-0.2, 0) is 4.74 Å². The van der Waals surface area contributed by atoms with Crippen molar-refractivity contribution in [1.29, 1.82) is 5.26 Å². The third-order valence-electron chi connectivity index (χ3n) is 3.95. The molecule has 1 aliphatic carbocycles. The van der Waals surface area contributed by atoms with Crippen molar-refractivity contribution >= 4 is 0 Å². The van der Waals surface area contributed by atoms with E-state index in [1.165, 1.54) is 12.8 Å². The van der Waals surface area contributed by atoms with Gasteiger partial charge in [0.15, 0.2) is 5.54 Å². The van der Waals surface area contributed by atoms with Crippen LogP contribution in [-0.4, -0.2) is 47.4 Å². The molecule has 1 aliphatic heterocycles. The number of morpholine rings is 1. The number of hydrogen-bond acceptors (Lipinski definition) is 4. The fourth-order valence-electron chi connectivity index (χ4n) is 2.99. The largest absolute Gasteiger partial charge is 0.393 e. The topological polar surface area (TPSA) is 56.5 Å². The summed E-state index contributed by atoms with van der Waals surface area (Å²) >= 11 is 0. The first-order chi connectivity index (χ1) is 8.27. The van der Waals surface area contributed by atoms with Crippen LogP contribution in [0.15, 0.2) is 12.7 Å². The fourth-order valence-corrected chi connectivity index (χ4v) is 2.99. The van der Waals surface area contributed by atoms with Gasteiger partial charge in [-0.25, -0.2) is 0 Å². The number of fused-ring (bicyclic) bond motifs is 1. The molecule has 1 saturated carbocycles. The number of ether oxygens (including phenoxy) is 1. The van der Waals surface area contributed by atoms with Gasteiger partial charge < -0.3 is 9.84 Å². The molecule has 17 heavy (non-hydrogen) atoms. The third kappa shape index (κ3) is 2.11. The number of aliphatic hydroxyl groups is 1. The molecule has 94 valence electrons. The van der Waals surface area contributed by atoms with Crippen LogP contribution in [0.2, 0.25) is 0 Å². The smallest absolute Gasteiger partial charge is 0.156 e. The second kappa shape index (κ2) is 5.18. The van der Waals surface area contributed by atoms with Crippen molar-refractivity contribution in [2.24, 2.45) is 0 Å². The molecule has 2 rings (SSSR count). The summed E-state index contributed by atoms with van der Waals surface area (Å²) in [4.78, 5) is 2.09. The quantitative estimate of drug-likeness (QED) is 0.745. The van der Waals surface area contributed by atoms with Gasteiger partial charge in [0.2, 0.25) is 0 Å². The highest BCUT2D eigenvalue weighted by Gasteiger charge is 2.48. The molecule has 4 heteroatoms. The number of aliphatic hydroxyl groups excluding tert-OH is 1. The average Bonchev–Trinajstić information content (AvgIpc) is 2.40. The van der Waals surface area contributed by atoms with Gasteiger partial charge in [-0.2, -0.15) is 5.26 Å². The summed E-state index contributed by atoms with van der Waals surface area (Å²) in [5, 5.41) is 18.9. The Morgan fingerprint density at radius 2 is 2.29 bits per heavy atom. The predicted molar refractivity (Wildman–Crippen MR) is 64.3 cm³/mol. The summed E-state index contributed by atoms with van der Waals surface area (Å²) in [6.07, 6.45) is 6.50. The Labute approximate surface area is 102 Å². The Balaban J connectivity index is 2.25. The molecule has 0 unspecified atom stereocenters. The van der Waals surface area contributed by atoms with E-state index in [0.29, 0.717) is 13.2 Å². The molecule has 0 aromatic carbocycles. The van der Waals surface area contributed by atoms with Crippen molar-refractivity contribution in [3.8, 4) is 6.07 Å². The van der Waals surface area contributed by atoms with E-state index in [1.807, 2.05) is 0 Å². The van der Waals surface area contributed by atoms with Crippen LogP contribution in [0.5, 0.6) is 0 Å². The van der Waals surface area contributed by atoms with Gasteiger partial charge in [-0.15, -0.1) is 6.58 Å². The van der Waals surface area contributed by atoms with Crippen molar-refractivity contribution < 1.29 is 9.84 Å². The molecule has 0 bridgehead atoms. The predicted octanol–water partition coefficient (Wildman–Crippen LogP) is 1.07. The number of rotatable bonds is 3. The van der Waals surface area contributed by atoms with Crippen LogP contribution < -0.4 is 0 Å². The van der Waals surface area contributed by atoms with Gasteiger partial charge in [-0.1, -0.05) is 18.9 Å². The molecule has 0 radical (unpaired) electrons. The normalized spacial score (nSPS) is 38.1. The Bertz CT molecular complexity index is 326. The molecule has 1 saturated heterocycles. The molecule has 0 aromatic heterocycles. The van der Waals surface area contributed by atoms with Gasteiger partial charge in [0.1, 0.15) is 0 Å². The maximum atomic E-state index is 9.55. The highest BCUT2D eigenvalue weighted by molar-refractivity contribution is 5.14. The Kier molecular flexibility index (Phi) is 3.82. The molecular formula is C13H20N2O2. The summed E-state index contributed by atoms with van der Waals surface area (Å²) < 4.78 is 5.80. The molecule has 1 heterocycles. The van der Waals surface area contributed by atoms with Crippen molar-refractivity contribution in [3.63, 3.8) is 0 Å². The highest BCUT2D eigenvalue weighted by Crippen LogP contribution is 2.35. The lowest BCUT2D eigenvalue weighted by atomic mass is 9.85. The average molecular weight is 236 g/mol. The van der Waals surface area contributed by atoms with E-state index in [9.17, 15) is 10.4 Å². The lowest BCUT2D eigenvalue weighted by Gasteiger charge is -2.51. The van der Waals surface area contributed by atoms with Gasteiger partial charge >= 0.3 is 0 Å². The molecular weight excluding hydrogens is 216 g/mol. The molecule has 3 atom stereocenters. The molecule has 1 N–H and O–H groups in total. The lowest BCUT2D eigenvalue weighted by Crippen LogP contribution is -2.66. The SMILES string of the molecule is C=CCN1[C@H]2CCCC[C@@H]2OC[C@]1(C#N)CO. The zero-order valence-electron chi connectivity index (χ0n) is 10.1. The van der Waals surface area contributed by atoms with Crippen LogP contribution in [0, 0.1) is 11.3 Å². The van der Waals surface area contributed by atoms with Crippen molar-refractivity contribution in [2.75, 3.05) is 19.8 Å². The van der Waals surface area contributed by atoms with Gasteiger partial charge in [0.05, 0.1) is 25.4 Å². The first kappa shape index (κ1) is 12.6. The van der Waals surface area contributed by atoms with Gasteiger partial charge in [0.25, 0.3) is 0 Å². The minimum absolute atomic E-state index is 0.180. The Hall–Kier alpha value is -0.890. The van der Waals surface area contributed by atoms with E-state index in [2.05, 4.69) is 17.5 Å². The minimum atomic E-state index is -0.882. The summed E-state index contributed by atoms with van der Waals surface area (Å²) in [5.41, 5.74) is -0.882. The van der Waals surface area contributed by atoms with E-state index in [4.69, 9.17) is 4.74 Å². The summed E-state index contributed by atoms with van der Waals surface area (Å²) in [5.74, 6) is 0. The summed E-state index contributed by atoms with van der Waals surface area (Å²) in [6.45, 7) is 4.51. The van der Waals surface area contributed by atoms with Crippen LogP contribution in [0.1, 0.15) is 25.7 Å². The monoisotopic (exact) mass is 236 g/mol. The summed E-state index contributed by atoms with van der Waals surface area (Å²) in [6, 6.07) is 2.49. The maximum absolute atomic E-state index is 9.55. The molecule has 0 spiro atoms. The first-order valence-corrected chi connectivity index (χ1v) is 6.29. The van der Waals surface area contributed by atoms with Crippen molar-refractivity contribution in [3.05, 3.63) is 12.7 Å². The highest BCUT2D eigenvalue weighted by atomic mass is 16.5. The molecule has 0 aromatic rings. The van der Waals surface area contributed by atoms with E-state index in [0.717, 1.165) is 12.8 Å². The van der Waals surface area contributed by atoms with Crippen LogP contribution in [0.25, 0.3) is 0 Å². The van der Waals surface area contributed by atoms with Crippen molar-refractivity contribution in [1.82, 2.24) is 4.90 Å². The molecule has 0 amide bonds.